The minimum absolute atomic E-state index is 0.0884. The van der Waals surface area contributed by atoms with Gasteiger partial charge in [0, 0.05) is 26.1 Å². The minimum Gasteiger partial charge on any atom is -0.497 e. The van der Waals surface area contributed by atoms with E-state index in [2.05, 4.69) is 29.8 Å². The number of ether oxygens (including phenoxy) is 1. The van der Waals surface area contributed by atoms with Gasteiger partial charge in [-0.15, -0.1) is 0 Å². The van der Waals surface area contributed by atoms with E-state index < -0.39 is 23.7 Å². The smallest absolute Gasteiger partial charge is 0.249 e. The Balaban J connectivity index is 1.80. The molecule has 0 saturated carbocycles. The second-order valence-corrected chi connectivity index (χ2v) is 12.8. The lowest BCUT2D eigenvalue weighted by atomic mass is 9.81. The average molecular weight is 623 g/mol. The summed E-state index contributed by atoms with van der Waals surface area (Å²) in [4.78, 5) is 42.6. The van der Waals surface area contributed by atoms with Crippen molar-refractivity contribution < 1.29 is 24.2 Å². The van der Waals surface area contributed by atoms with E-state index in [1.165, 1.54) is 0 Å². The number of aryl methyl sites for hydroxylation is 1. The number of nitrogens with one attached hydrogen (secondary N) is 3. The number of methoxy groups -OCH3 is 1. The lowest BCUT2D eigenvalue weighted by Gasteiger charge is -2.36. The lowest BCUT2D eigenvalue weighted by molar-refractivity contribution is -0.144. The van der Waals surface area contributed by atoms with Crippen LogP contribution in [0.5, 0.6) is 5.75 Å². The highest BCUT2D eigenvalue weighted by molar-refractivity contribution is 5.97. The fourth-order valence-corrected chi connectivity index (χ4v) is 6.21. The number of hydrogen-bond donors (Lipinski definition) is 4. The number of benzene rings is 2. The van der Waals surface area contributed by atoms with Crippen LogP contribution in [0, 0.1) is 11.8 Å². The summed E-state index contributed by atoms with van der Waals surface area (Å²) in [5.41, 5.74) is 1.07. The van der Waals surface area contributed by atoms with Crippen LogP contribution in [0.3, 0.4) is 0 Å². The predicted molar refractivity (Wildman–Crippen MR) is 178 cm³/mol. The van der Waals surface area contributed by atoms with Gasteiger partial charge in [-0.2, -0.15) is 0 Å². The molecule has 9 heteroatoms. The minimum atomic E-state index is -1.03. The molecule has 2 unspecified atom stereocenters. The number of aliphatic hydroxyl groups is 1. The summed E-state index contributed by atoms with van der Waals surface area (Å²) in [5, 5.41) is 20.8. The number of aliphatic hydroxyl groups excluding tert-OH is 1. The molecular formula is C36H54N4O5. The van der Waals surface area contributed by atoms with Gasteiger partial charge in [0.1, 0.15) is 17.3 Å². The van der Waals surface area contributed by atoms with Crippen LogP contribution in [0.15, 0.2) is 54.6 Å². The van der Waals surface area contributed by atoms with E-state index in [1.54, 1.807) is 18.9 Å². The number of carbonyl (C=O) groups excluding carboxylic acids is 3. The zero-order valence-electron chi connectivity index (χ0n) is 28.0. The van der Waals surface area contributed by atoms with Crippen molar-refractivity contribution in [1.29, 1.82) is 0 Å². The molecule has 3 rings (SSSR count). The maximum atomic E-state index is 14.2. The zero-order chi connectivity index (χ0) is 33.0. The first-order chi connectivity index (χ1) is 21.5. The standard InChI is InChI=1S/C36H54N4O5/c1-7-26(5)36(39-33(42)8-2)19-20-40(35(36)44)31(18-17-27-13-10-9-11-14-27)34(43)38-30(21-25(3)4)32(41)24-37-23-28-15-12-16-29(22-28)45-6/h9-16,22,25-26,30-32,37,41H,7-8,17-21,23-24H2,1-6H3,(H,38,43)(H,39,42)/t26-,30?,31-,32?,36-/m0/s1. The summed E-state index contributed by atoms with van der Waals surface area (Å²) < 4.78 is 5.31. The quantitative estimate of drug-likeness (QED) is 0.198. The third kappa shape index (κ3) is 9.78. The SMILES string of the molecule is CCC(=O)N[C@]1([C@@H](C)CC)CCN([C@@H](CCc2ccccc2)C(=O)NC(CC(C)C)C(O)CNCc2cccc(OC)c2)C1=O. The molecule has 1 aliphatic heterocycles. The molecule has 0 bridgehead atoms. The molecule has 0 spiro atoms. The summed E-state index contributed by atoms with van der Waals surface area (Å²) in [6.45, 7) is 11.1. The van der Waals surface area contributed by atoms with Gasteiger partial charge in [-0.05, 0) is 60.8 Å². The number of likely N-dealkylation sites (tertiary alicyclic amines) is 1. The molecule has 0 radical (unpaired) electrons. The monoisotopic (exact) mass is 622 g/mol. The Labute approximate surface area is 269 Å². The summed E-state index contributed by atoms with van der Waals surface area (Å²) in [6, 6.07) is 16.4. The van der Waals surface area contributed by atoms with Crippen molar-refractivity contribution in [1.82, 2.24) is 20.9 Å². The first kappa shape index (κ1) is 36.0. The van der Waals surface area contributed by atoms with E-state index in [1.807, 2.05) is 68.4 Å². The van der Waals surface area contributed by atoms with Gasteiger partial charge in [-0.1, -0.05) is 83.5 Å². The van der Waals surface area contributed by atoms with Crippen LogP contribution in [0.25, 0.3) is 0 Å². The van der Waals surface area contributed by atoms with Gasteiger partial charge in [0.2, 0.25) is 17.7 Å². The van der Waals surface area contributed by atoms with Crippen molar-refractivity contribution in [2.75, 3.05) is 20.2 Å². The second kappa shape index (κ2) is 17.3. The Morgan fingerprint density at radius 1 is 1.04 bits per heavy atom. The van der Waals surface area contributed by atoms with Crippen molar-refractivity contribution in [2.24, 2.45) is 11.8 Å². The van der Waals surface area contributed by atoms with E-state index in [-0.39, 0.29) is 42.5 Å². The fourth-order valence-electron chi connectivity index (χ4n) is 6.21. The molecule has 3 amide bonds. The number of rotatable bonds is 18. The molecule has 248 valence electrons. The van der Waals surface area contributed by atoms with Crippen LogP contribution >= 0.6 is 0 Å². The van der Waals surface area contributed by atoms with Crippen molar-refractivity contribution in [3.05, 3.63) is 65.7 Å². The van der Waals surface area contributed by atoms with Gasteiger partial charge in [0.25, 0.3) is 0 Å². The molecule has 4 N–H and O–H groups in total. The third-order valence-corrected chi connectivity index (χ3v) is 9.09. The van der Waals surface area contributed by atoms with Crippen LogP contribution in [0.2, 0.25) is 0 Å². The number of carbonyl (C=O) groups is 3. The van der Waals surface area contributed by atoms with E-state index in [9.17, 15) is 19.5 Å². The Bertz CT molecular complexity index is 1240. The Morgan fingerprint density at radius 3 is 2.40 bits per heavy atom. The van der Waals surface area contributed by atoms with Crippen LogP contribution in [-0.2, 0) is 27.3 Å². The van der Waals surface area contributed by atoms with Crippen molar-refractivity contribution in [2.45, 2.75) is 103 Å². The molecule has 2 aromatic carbocycles. The Morgan fingerprint density at radius 2 is 1.76 bits per heavy atom. The molecule has 1 aliphatic rings. The Hall–Kier alpha value is -3.43. The lowest BCUT2D eigenvalue weighted by Crippen LogP contribution is -2.61. The molecule has 1 saturated heterocycles. The summed E-state index contributed by atoms with van der Waals surface area (Å²) in [7, 11) is 1.63. The van der Waals surface area contributed by atoms with Crippen LogP contribution in [0.1, 0.15) is 77.8 Å². The highest BCUT2D eigenvalue weighted by Crippen LogP contribution is 2.34. The highest BCUT2D eigenvalue weighted by Gasteiger charge is 2.53. The first-order valence-electron chi connectivity index (χ1n) is 16.5. The van der Waals surface area contributed by atoms with Gasteiger partial charge in [-0.3, -0.25) is 14.4 Å². The van der Waals surface area contributed by atoms with Gasteiger partial charge >= 0.3 is 0 Å². The van der Waals surface area contributed by atoms with Gasteiger partial charge in [-0.25, -0.2) is 0 Å². The molecular weight excluding hydrogens is 568 g/mol. The predicted octanol–water partition coefficient (Wildman–Crippen LogP) is 4.22. The van der Waals surface area contributed by atoms with Crippen molar-refractivity contribution >= 4 is 17.7 Å². The van der Waals surface area contributed by atoms with E-state index in [0.29, 0.717) is 38.8 Å². The number of amides is 3. The normalized spacial score (nSPS) is 19.2. The summed E-state index contributed by atoms with van der Waals surface area (Å²) in [5.74, 6) is 0.254. The van der Waals surface area contributed by atoms with Gasteiger partial charge in [0.15, 0.2) is 0 Å². The molecule has 1 heterocycles. The average Bonchev–Trinajstić information content (AvgIpc) is 3.36. The maximum absolute atomic E-state index is 14.2. The molecule has 45 heavy (non-hydrogen) atoms. The molecule has 9 nitrogen and oxygen atoms in total. The topological polar surface area (TPSA) is 120 Å². The molecule has 5 atom stereocenters. The van der Waals surface area contributed by atoms with Crippen LogP contribution < -0.4 is 20.7 Å². The van der Waals surface area contributed by atoms with Gasteiger partial charge < -0.3 is 30.7 Å². The van der Waals surface area contributed by atoms with Crippen LogP contribution in [-0.4, -0.2) is 71.7 Å². The van der Waals surface area contributed by atoms with Crippen molar-refractivity contribution in [3.63, 3.8) is 0 Å². The summed E-state index contributed by atoms with van der Waals surface area (Å²) >= 11 is 0. The Kier molecular flexibility index (Phi) is 13.9. The largest absolute Gasteiger partial charge is 0.497 e. The number of nitrogens with zero attached hydrogens (tertiary/aromatic N) is 1. The van der Waals surface area contributed by atoms with Crippen molar-refractivity contribution in [3.8, 4) is 5.75 Å². The third-order valence-electron chi connectivity index (χ3n) is 9.09. The fraction of sp³-hybridized carbons (Fsp3) is 0.583. The number of hydrogen-bond acceptors (Lipinski definition) is 6. The maximum Gasteiger partial charge on any atom is 0.249 e. The zero-order valence-corrected chi connectivity index (χ0v) is 28.0. The van der Waals surface area contributed by atoms with Crippen LogP contribution in [0.4, 0.5) is 0 Å². The molecule has 0 aliphatic carbocycles. The second-order valence-electron chi connectivity index (χ2n) is 12.8. The molecule has 0 aromatic heterocycles. The highest BCUT2D eigenvalue weighted by atomic mass is 16.5. The van der Waals surface area contributed by atoms with E-state index in [0.717, 1.165) is 23.3 Å². The van der Waals surface area contributed by atoms with E-state index >= 15 is 0 Å². The summed E-state index contributed by atoms with van der Waals surface area (Å²) in [6.07, 6.45) is 2.23. The molecule has 2 aromatic rings. The van der Waals surface area contributed by atoms with E-state index in [4.69, 9.17) is 4.74 Å². The molecule has 1 fully saturated rings. The van der Waals surface area contributed by atoms with Gasteiger partial charge in [0.05, 0.1) is 19.3 Å². The first-order valence-corrected chi connectivity index (χ1v) is 16.5.